The van der Waals surface area contributed by atoms with Crippen molar-refractivity contribution < 1.29 is 28.2 Å². The van der Waals surface area contributed by atoms with Gasteiger partial charge >= 0.3 is 6.03 Å². The molecule has 0 saturated heterocycles. The van der Waals surface area contributed by atoms with Gasteiger partial charge in [0.2, 0.25) is 0 Å². The van der Waals surface area contributed by atoms with Gasteiger partial charge in [0.15, 0.2) is 11.6 Å². The second kappa shape index (κ2) is 12.3. The highest BCUT2D eigenvalue weighted by atomic mass is 19.1. The van der Waals surface area contributed by atoms with E-state index in [0.29, 0.717) is 52.7 Å². The van der Waals surface area contributed by atoms with E-state index < -0.39 is 5.82 Å². The fourth-order valence-electron chi connectivity index (χ4n) is 5.06. The van der Waals surface area contributed by atoms with Crippen molar-refractivity contribution in [3.63, 3.8) is 0 Å². The van der Waals surface area contributed by atoms with Gasteiger partial charge < -0.3 is 14.4 Å². The SMILES string of the molecule is COc1ccc(CN2Cc3c(Oc4ccc(CC(=O)C5=CCC=C(c6ccc(F)cc6)C5=O)nc4)ccnc3NC2=O)cc1. The van der Waals surface area contributed by atoms with Crippen LogP contribution in [0.15, 0.2) is 96.8 Å². The first kappa shape index (κ1) is 28.5. The fourth-order valence-corrected chi connectivity index (χ4v) is 5.06. The molecule has 2 aromatic heterocycles. The summed E-state index contributed by atoms with van der Waals surface area (Å²) < 4.78 is 24.7. The molecular weight excluding hydrogens is 563 g/mol. The fraction of sp³-hybridized carbons (Fsp3) is 0.147. The molecule has 10 heteroatoms. The van der Waals surface area contributed by atoms with E-state index in [9.17, 15) is 18.8 Å². The lowest BCUT2D eigenvalue weighted by Crippen LogP contribution is -2.38. The van der Waals surface area contributed by atoms with Gasteiger partial charge in [0.1, 0.15) is 28.9 Å². The van der Waals surface area contributed by atoms with Crippen molar-refractivity contribution in [3.05, 3.63) is 125 Å². The molecule has 220 valence electrons. The number of ketones is 2. The van der Waals surface area contributed by atoms with Crippen LogP contribution in [0.25, 0.3) is 5.57 Å². The summed E-state index contributed by atoms with van der Waals surface area (Å²) >= 11 is 0. The van der Waals surface area contributed by atoms with Crippen LogP contribution in [0.5, 0.6) is 17.2 Å². The zero-order valence-electron chi connectivity index (χ0n) is 23.7. The minimum Gasteiger partial charge on any atom is -0.497 e. The Kier molecular flexibility index (Phi) is 7.96. The predicted molar refractivity (Wildman–Crippen MR) is 161 cm³/mol. The molecule has 2 amide bonds. The van der Waals surface area contributed by atoms with Crippen LogP contribution in [0.1, 0.15) is 28.8 Å². The number of Topliss-reactive ketones (excluding diaryl/α,β-unsaturated/α-hetero) is 2. The quantitative estimate of drug-likeness (QED) is 0.236. The predicted octanol–water partition coefficient (Wildman–Crippen LogP) is 6.06. The van der Waals surface area contributed by atoms with Crippen LogP contribution in [-0.4, -0.2) is 39.6 Å². The number of halogens is 1. The molecule has 3 heterocycles. The van der Waals surface area contributed by atoms with Crippen LogP contribution in [-0.2, 0) is 29.1 Å². The number of allylic oxidation sites excluding steroid dienone is 4. The molecule has 6 rings (SSSR count). The summed E-state index contributed by atoms with van der Waals surface area (Å²) in [6.07, 6.45) is 6.76. The first-order valence-corrected chi connectivity index (χ1v) is 13.9. The Bertz CT molecular complexity index is 1800. The first-order valence-electron chi connectivity index (χ1n) is 13.9. The zero-order valence-corrected chi connectivity index (χ0v) is 23.7. The van der Waals surface area contributed by atoms with Crippen LogP contribution in [0.4, 0.5) is 15.0 Å². The third kappa shape index (κ3) is 6.10. The second-order valence-corrected chi connectivity index (χ2v) is 10.3. The van der Waals surface area contributed by atoms with E-state index in [1.807, 2.05) is 24.3 Å². The number of hydrogen-bond acceptors (Lipinski definition) is 7. The molecule has 0 fully saturated rings. The largest absolute Gasteiger partial charge is 0.497 e. The van der Waals surface area contributed by atoms with E-state index in [0.717, 1.165) is 11.3 Å². The Morgan fingerprint density at radius 2 is 1.73 bits per heavy atom. The Morgan fingerprint density at radius 1 is 0.955 bits per heavy atom. The Morgan fingerprint density at radius 3 is 2.45 bits per heavy atom. The number of rotatable bonds is 9. The number of nitrogens with zero attached hydrogens (tertiary/aromatic N) is 3. The van der Waals surface area contributed by atoms with Gasteiger partial charge in [-0.15, -0.1) is 0 Å². The summed E-state index contributed by atoms with van der Waals surface area (Å²) in [6, 6.07) is 17.9. The molecule has 0 saturated carbocycles. The number of nitrogens with one attached hydrogen (secondary N) is 1. The standard InChI is InChI=1S/C34H27FN4O5/c1-43-25-12-5-21(6-13-25)19-39-20-29-31(15-16-36-33(29)38-34(39)42)44-26-14-11-24(37-18-26)17-30(40)28-4-2-3-27(32(28)41)22-7-9-23(35)10-8-22/h3-16,18H,2,17,19-20H2,1H3,(H,36,38,42). The molecule has 4 aromatic rings. The van der Waals surface area contributed by atoms with Crippen molar-refractivity contribution >= 4 is 29.0 Å². The number of fused-ring (bicyclic) bond motifs is 1. The topological polar surface area (TPSA) is 111 Å². The smallest absolute Gasteiger partial charge is 0.323 e. The lowest BCUT2D eigenvalue weighted by molar-refractivity contribution is -0.118. The van der Waals surface area contributed by atoms with Crippen molar-refractivity contribution in [1.82, 2.24) is 14.9 Å². The number of pyridine rings is 2. The number of urea groups is 1. The maximum Gasteiger partial charge on any atom is 0.323 e. The monoisotopic (exact) mass is 590 g/mol. The molecule has 0 unspecified atom stereocenters. The minimum atomic E-state index is -0.398. The van der Waals surface area contributed by atoms with Crippen LogP contribution in [0.3, 0.4) is 0 Å². The van der Waals surface area contributed by atoms with Crippen LogP contribution in [0.2, 0.25) is 0 Å². The highest BCUT2D eigenvalue weighted by Gasteiger charge is 2.27. The maximum absolute atomic E-state index is 13.3. The number of aromatic nitrogens is 2. The van der Waals surface area contributed by atoms with E-state index in [1.54, 1.807) is 48.6 Å². The number of benzene rings is 2. The van der Waals surface area contributed by atoms with Gasteiger partial charge in [0, 0.05) is 24.0 Å². The highest BCUT2D eigenvalue weighted by Crippen LogP contribution is 2.33. The minimum absolute atomic E-state index is 0.0639. The van der Waals surface area contributed by atoms with Crippen molar-refractivity contribution in [2.24, 2.45) is 0 Å². The van der Waals surface area contributed by atoms with Gasteiger partial charge in [-0.2, -0.15) is 0 Å². The summed E-state index contributed by atoms with van der Waals surface area (Å²) in [4.78, 5) is 49.2. The van der Waals surface area contributed by atoms with Crippen LogP contribution < -0.4 is 14.8 Å². The Labute approximate surface area is 252 Å². The lowest BCUT2D eigenvalue weighted by atomic mass is 9.88. The van der Waals surface area contributed by atoms with E-state index in [1.165, 1.54) is 30.5 Å². The van der Waals surface area contributed by atoms with Crippen LogP contribution >= 0.6 is 0 Å². The number of amides is 2. The third-order valence-electron chi connectivity index (χ3n) is 7.36. The molecule has 0 radical (unpaired) electrons. The zero-order chi connectivity index (χ0) is 30.6. The summed E-state index contributed by atoms with van der Waals surface area (Å²) in [5.41, 5.74) is 3.18. The summed E-state index contributed by atoms with van der Waals surface area (Å²) in [5.74, 6) is 0.974. The Balaban J connectivity index is 1.11. The average Bonchev–Trinajstić information content (AvgIpc) is 3.03. The van der Waals surface area contributed by atoms with E-state index >= 15 is 0 Å². The highest BCUT2D eigenvalue weighted by molar-refractivity contribution is 6.38. The normalized spacial score (nSPS) is 14.3. The summed E-state index contributed by atoms with van der Waals surface area (Å²) in [7, 11) is 1.60. The Hall–Kier alpha value is -5.64. The summed E-state index contributed by atoms with van der Waals surface area (Å²) in [6.45, 7) is 0.669. The average molecular weight is 591 g/mol. The molecule has 0 atom stereocenters. The van der Waals surface area contributed by atoms with Gasteiger partial charge in [-0.05, 0) is 60.0 Å². The van der Waals surface area contributed by atoms with Crippen molar-refractivity contribution in [1.29, 1.82) is 0 Å². The van der Waals surface area contributed by atoms with Crippen molar-refractivity contribution in [2.75, 3.05) is 12.4 Å². The molecule has 9 nitrogen and oxygen atoms in total. The molecular formula is C34H27FN4O5. The second-order valence-electron chi connectivity index (χ2n) is 10.3. The van der Waals surface area contributed by atoms with Crippen molar-refractivity contribution in [3.8, 4) is 17.2 Å². The maximum atomic E-state index is 13.3. The number of carbonyl (C=O) groups excluding carboxylic acids is 3. The molecule has 44 heavy (non-hydrogen) atoms. The molecule has 1 aliphatic heterocycles. The number of ether oxygens (including phenoxy) is 2. The molecule has 1 N–H and O–H groups in total. The lowest BCUT2D eigenvalue weighted by Gasteiger charge is -2.29. The molecule has 2 aliphatic rings. The molecule has 1 aliphatic carbocycles. The van der Waals surface area contributed by atoms with Gasteiger partial charge in [0.05, 0.1) is 37.4 Å². The van der Waals surface area contributed by atoms with E-state index in [2.05, 4.69) is 15.3 Å². The van der Waals surface area contributed by atoms with E-state index in [-0.39, 0.29) is 36.1 Å². The first-order chi connectivity index (χ1) is 21.4. The molecule has 2 aromatic carbocycles. The van der Waals surface area contributed by atoms with Crippen molar-refractivity contribution in [2.45, 2.75) is 25.9 Å². The number of methoxy groups -OCH3 is 1. The van der Waals surface area contributed by atoms with E-state index in [4.69, 9.17) is 9.47 Å². The van der Waals surface area contributed by atoms with Gasteiger partial charge in [-0.3, -0.25) is 19.9 Å². The number of anilines is 1. The molecule has 0 spiro atoms. The van der Waals surface area contributed by atoms with Gasteiger partial charge in [0.25, 0.3) is 0 Å². The van der Waals surface area contributed by atoms with Gasteiger partial charge in [-0.1, -0.05) is 36.4 Å². The van der Waals surface area contributed by atoms with Gasteiger partial charge in [-0.25, -0.2) is 14.2 Å². The van der Waals surface area contributed by atoms with Crippen LogP contribution in [0, 0.1) is 5.82 Å². The number of carbonyl (C=O) groups is 3. The third-order valence-corrected chi connectivity index (χ3v) is 7.36. The summed E-state index contributed by atoms with van der Waals surface area (Å²) in [5, 5.41) is 2.82. The molecule has 0 bridgehead atoms. The number of hydrogen-bond donors (Lipinski definition) is 1.